The number of likely N-dealkylation sites (N-methyl/N-ethyl adjacent to an activating group) is 1. The fraction of sp³-hybridized carbons (Fsp3) is 0.238. The largest absolute Gasteiger partial charge is 0.456 e. The van der Waals surface area contributed by atoms with E-state index in [0.29, 0.717) is 5.69 Å². The first kappa shape index (κ1) is 16.5. The van der Waals surface area contributed by atoms with Crippen molar-refractivity contribution in [2.75, 3.05) is 13.6 Å². The minimum atomic E-state index is -0.420. The third kappa shape index (κ3) is 3.13. The van der Waals surface area contributed by atoms with Gasteiger partial charge in [0.25, 0.3) is 0 Å². The molecule has 3 heterocycles. The molecule has 3 aromatic rings. The van der Waals surface area contributed by atoms with E-state index in [-0.39, 0.29) is 6.61 Å². The number of hydrogen-bond acceptors (Lipinski definition) is 4. The molecule has 0 aliphatic carbocycles. The highest BCUT2D eigenvalue weighted by atomic mass is 16.5. The lowest BCUT2D eigenvalue weighted by atomic mass is 10.0. The van der Waals surface area contributed by atoms with E-state index in [9.17, 15) is 4.79 Å². The Morgan fingerprint density at radius 2 is 2.27 bits per heavy atom. The Bertz CT molecular complexity index is 973. The van der Waals surface area contributed by atoms with E-state index in [2.05, 4.69) is 40.6 Å². The highest BCUT2D eigenvalue weighted by molar-refractivity contribution is 5.88. The minimum absolute atomic E-state index is 0.232. The Kier molecular flexibility index (Phi) is 4.31. The van der Waals surface area contributed by atoms with E-state index >= 15 is 0 Å². The summed E-state index contributed by atoms with van der Waals surface area (Å²) in [5, 5.41) is 1.22. The number of H-pyrrole nitrogens is 1. The molecule has 1 aliphatic rings. The highest BCUT2D eigenvalue weighted by Crippen LogP contribution is 2.28. The molecule has 0 bridgehead atoms. The Balaban J connectivity index is 1.51. The molecule has 1 N–H and O–H groups in total. The maximum atomic E-state index is 12.2. The third-order valence-corrected chi connectivity index (χ3v) is 4.83. The van der Waals surface area contributed by atoms with Crippen molar-refractivity contribution in [1.82, 2.24) is 14.9 Å². The fourth-order valence-electron chi connectivity index (χ4n) is 3.36. The van der Waals surface area contributed by atoms with Gasteiger partial charge in [0.2, 0.25) is 0 Å². The lowest BCUT2D eigenvalue weighted by Crippen LogP contribution is -2.26. The van der Waals surface area contributed by atoms with Gasteiger partial charge in [-0.2, -0.15) is 0 Å². The zero-order valence-corrected chi connectivity index (χ0v) is 14.8. The quantitative estimate of drug-likeness (QED) is 0.733. The van der Waals surface area contributed by atoms with Crippen molar-refractivity contribution < 1.29 is 9.53 Å². The molecule has 0 unspecified atom stereocenters. The number of nitrogens with zero attached hydrogens (tertiary/aromatic N) is 2. The molecule has 5 nitrogen and oxygen atoms in total. The van der Waals surface area contributed by atoms with E-state index in [1.165, 1.54) is 16.6 Å². The van der Waals surface area contributed by atoms with E-state index in [1.807, 2.05) is 6.07 Å². The van der Waals surface area contributed by atoms with E-state index < -0.39 is 5.97 Å². The molecule has 26 heavy (non-hydrogen) atoms. The van der Waals surface area contributed by atoms with Crippen molar-refractivity contribution in [2.45, 2.75) is 19.6 Å². The standard InChI is InChI=1S/C21H21N3O2/c1-3-14-4-7-20(22-11-14)21(25)26-13-15-5-6-18-16(10-15)17-12-24(2)9-8-19(17)23-18/h3-7,10-11,23H,1,8-9,12-13H2,2H3. The SMILES string of the molecule is C=Cc1ccc(C(=O)OCc2ccc3[nH]c4c(c3c2)CN(C)CC4)nc1. The summed E-state index contributed by atoms with van der Waals surface area (Å²) in [4.78, 5) is 22.1. The number of fused-ring (bicyclic) bond motifs is 3. The van der Waals surface area contributed by atoms with Crippen LogP contribution >= 0.6 is 0 Å². The summed E-state index contributed by atoms with van der Waals surface area (Å²) in [6, 6.07) is 9.63. The summed E-state index contributed by atoms with van der Waals surface area (Å²) in [6.45, 7) is 5.92. The second kappa shape index (κ2) is 6.77. The summed E-state index contributed by atoms with van der Waals surface area (Å²) >= 11 is 0. The van der Waals surface area contributed by atoms with Crippen LogP contribution in [0.2, 0.25) is 0 Å². The highest BCUT2D eigenvalue weighted by Gasteiger charge is 2.18. The Morgan fingerprint density at radius 3 is 3.04 bits per heavy atom. The van der Waals surface area contributed by atoms with Crippen LogP contribution in [0.15, 0.2) is 43.1 Å². The van der Waals surface area contributed by atoms with Crippen LogP contribution in [-0.4, -0.2) is 34.4 Å². The van der Waals surface area contributed by atoms with Crippen LogP contribution in [-0.2, 0) is 24.3 Å². The van der Waals surface area contributed by atoms with E-state index in [1.54, 1.807) is 24.4 Å². The number of aromatic amines is 1. The molecule has 1 aromatic carbocycles. The van der Waals surface area contributed by atoms with Gasteiger partial charge in [0.05, 0.1) is 0 Å². The van der Waals surface area contributed by atoms with Gasteiger partial charge in [-0.3, -0.25) is 0 Å². The van der Waals surface area contributed by atoms with Crippen molar-refractivity contribution in [3.63, 3.8) is 0 Å². The van der Waals surface area contributed by atoms with Crippen LogP contribution in [0.5, 0.6) is 0 Å². The van der Waals surface area contributed by atoms with Crippen molar-refractivity contribution in [3.05, 3.63) is 71.2 Å². The van der Waals surface area contributed by atoms with E-state index in [0.717, 1.165) is 36.2 Å². The van der Waals surface area contributed by atoms with Crippen molar-refractivity contribution in [3.8, 4) is 0 Å². The number of hydrogen-bond donors (Lipinski definition) is 1. The number of pyridine rings is 1. The maximum Gasteiger partial charge on any atom is 0.357 e. The molecule has 0 saturated heterocycles. The predicted octanol–water partition coefficient (Wildman–Crippen LogP) is 3.55. The monoisotopic (exact) mass is 347 g/mol. The van der Waals surface area contributed by atoms with Crippen molar-refractivity contribution >= 4 is 22.9 Å². The molecular weight excluding hydrogens is 326 g/mol. The Morgan fingerprint density at radius 1 is 1.38 bits per heavy atom. The smallest absolute Gasteiger partial charge is 0.357 e. The average molecular weight is 347 g/mol. The first-order chi connectivity index (χ1) is 12.6. The van der Waals surface area contributed by atoms with Crippen LogP contribution in [0.4, 0.5) is 0 Å². The van der Waals surface area contributed by atoms with Gasteiger partial charge in [-0.15, -0.1) is 0 Å². The number of carbonyl (C=O) groups excluding carboxylic acids is 1. The van der Waals surface area contributed by atoms with Gasteiger partial charge < -0.3 is 14.6 Å². The molecule has 0 saturated carbocycles. The normalized spacial score (nSPS) is 14.2. The van der Waals surface area contributed by atoms with Gasteiger partial charge in [-0.1, -0.05) is 24.8 Å². The molecular formula is C21H21N3O2. The molecule has 0 atom stereocenters. The van der Waals surface area contributed by atoms with Gasteiger partial charge >= 0.3 is 5.97 Å². The zero-order chi connectivity index (χ0) is 18.1. The maximum absolute atomic E-state index is 12.2. The summed E-state index contributed by atoms with van der Waals surface area (Å²) < 4.78 is 5.43. The number of ether oxygens (including phenoxy) is 1. The van der Waals surface area contributed by atoms with Crippen LogP contribution in [0.3, 0.4) is 0 Å². The Hall–Kier alpha value is -2.92. The van der Waals surface area contributed by atoms with Gasteiger partial charge in [-0.25, -0.2) is 9.78 Å². The minimum Gasteiger partial charge on any atom is -0.456 e. The van der Waals surface area contributed by atoms with E-state index in [4.69, 9.17) is 4.74 Å². The number of esters is 1. The molecule has 1 aliphatic heterocycles. The van der Waals surface area contributed by atoms with Gasteiger partial charge in [0.15, 0.2) is 0 Å². The number of carbonyl (C=O) groups is 1. The first-order valence-electron chi connectivity index (χ1n) is 8.70. The number of benzene rings is 1. The summed E-state index contributed by atoms with van der Waals surface area (Å²) in [5.41, 5.74) is 5.96. The van der Waals surface area contributed by atoms with Crippen molar-refractivity contribution in [2.24, 2.45) is 0 Å². The average Bonchev–Trinajstić information content (AvgIpc) is 3.03. The van der Waals surface area contributed by atoms with Crippen LogP contribution < -0.4 is 0 Å². The molecule has 0 spiro atoms. The number of rotatable bonds is 4. The topological polar surface area (TPSA) is 58.2 Å². The lowest BCUT2D eigenvalue weighted by molar-refractivity contribution is 0.0466. The van der Waals surface area contributed by atoms with Crippen LogP contribution in [0, 0.1) is 0 Å². The molecule has 4 rings (SSSR count). The predicted molar refractivity (Wildman–Crippen MR) is 102 cm³/mol. The molecule has 0 radical (unpaired) electrons. The van der Waals surface area contributed by atoms with Crippen molar-refractivity contribution in [1.29, 1.82) is 0 Å². The molecule has 2 aromatic heterocycles. The third-order valence-electron chi connectivity index (χ3n) is 4.83. The first-order valence-corrected chi connectivity index (χ1v) is 8.70. The number of aromatic nitrogens is 2. The van der Waals surface area contributed by atoms with Gasteiger partial charge in [0, 0.05) is 42.3 Å². The molecule has 5 heteroatoms. The van der Waals surface area contributed by atoms with Crippen LogP contribution in [0.25, 0.3) is 17.0 Å². The Labute approximate surface area is 152 Å². The summed E-state index contributed by atoms with van der Waals surface area (Å²) in [5.74, 6) is -0.420. The van der Waals surface area contributed by atoms with Gasteiger partial charge in [-0.05, 0) is 41.9 Å². The summed E-state index contributed by atoms with van der Waals surface area (Å²) in [6.07, 6.45) is 4.34. The number of nitrogens with one attached hydrogen (secondary N) is 1. The second-order valence-electron chi connectivity index (χ2n) is 6.71. The van der Waals surface area contributed by atoms with Gasteiger partial charge in [0.1, 0.15) is 12.3 Å². The molecule has 0 fully saturated rings. The lowest BCUT2D eigenvalue weighted by Gasteiger charge is -2.22. The zero-order valence-electron chi connectivity index (χ0n) is 14.8. The van der Waals surface area contributed by atoms with Crippen LogP contribution in [0.1, 0.15) is 32.9 Å². The second-order valence-corrected chi connectivity index (χ2v) is 6.71. The summed E-state index contributed by atoms with van der Waals surface area (Å²) in [7, 11) is 2.14. The fourth-order valence-corrected chi connectivity index (χ4v) is 3.36. The molecule has 0 amide bonds. The molecule has 132 valence electrons.